The van der Waals surface area contributed by atoms with Crippen molar-refractivity contribution in [3.63, 3.8) is 0 Å². The predicted molar refractivity (Wildman–Crippen MR) is 125 cm³/mol. The van der Waals surface area contributed by atoms with E-state index < -0.39 is 46.7 Å². The first-order chi connectivity index (χ1) is 16.4. The van der Waals surface area contributed by atoms with Gasteiger partial charge in [0.1, 0.15) is 18.1 Å². The fourth-order valence-corrected chi connectivity index (χ4v) is 4.70. The van der Waals surface area contributed by atoms with Gasteiger partial charge in [0.15, 0.2) is 0 Å². The molecule has 0 aromatic heterocycles. The van der Waals surface area contributed by atoms with E-state index in [0.29, 0.717) is 11.3 Å². The second-order valence-electron chi connectivity index (χ2n) is 7.81. The average molecular weight is 486 g/mol. The molecule has 1 fully saturated rings. The Hall–Kier alpha value is -3.53. The summed E-state index contributed by atoms with van der Waals surface area (Å²) < 4.78 is 17.2. The van der Waals surface area contributed by atoms with E-state index in [2.05, 4.69) is 16.0 Å². The molecule has 1 saturated heterocycles. The van der Waals surface area contributed by atoms with Crippen LogP contribution in [0.4, 0.5) is 0 Å². The summed E-state index contributed by atoms with van der Waals surface area (Å²) in [5, 5.41) is 7.76. The van der Waals surface area contributed by atoms with Crippen LogP contribution in [0.1, 0.15) is 18.4 Å². The zero-order valence-corrected chi connectivity index (χ0v) is 19.5. The maximum Gasteiger partial charge on any atom is 0.328 e. The van der Waals surface area contributed by atoms with Crippen LogP contribution in [0.25, 0.3) is 0 Å². The van der Waals surface area contributed by atoms with Crippen LogP contribution in [-0.2, 0) is 41.1 Å². The van der Waals surface area contributed by atoms with Crippen LogP contribution in [0.2, 0.25) is 0 Å². The molecule has 1 aliphatic rings. The van der Waals surface area contributed by atoms with E-state index in [1.54, 1.807) is 24.3 Å². The van der Waals surface area contributed by atoms with Crippen LogP contribution < -0.4 is 16.0 Å². The lowest BCUT2D eigenvalue weighted by Crippen LogP contribution is -2.63. The molecule has 3 amide bonds. The fourth-order valence-electron chi connectivity index (χ4n) is 3.56. The minimum absolute atomic E-state index is 0.0856. The van der Waals surface area contributed by atoms with Gasteiger partial charge in [0.25, 0.3) is 0 Å². The largest absolute Gasteiger partial charge is 0.467 e. The van der Waals surface area contributed by atoms with Crippen molar-refractivity contribution in [2.75, 3.05) is 12.9 Å². The maximum absolute atomic E-state index is 12.6. The highest BCUT2D eigenvalue weighted by atomic mass is 32.2. The molecule has 4 atom stereocenters. The molecule has 0 bridgehead atoms. The van der Waals surface area contributed by atoms with Gasteiger partial charge in [-0.15, -0.1) is 0 Å². The number of piperazine rings is 1. The lowest BCUT2D eigenvalue weighted by Gasteiger charge is -2.29. The van der Waals surface area contributed by atoms with Crippen molar-refractivity contribution in [1.29, 1.82) is 0 Å². The zero-order chi connectivity index (χ0) is 24.5. The first-order valence-corrected chi connectivity index (χ1v) is 12.1. The summed E-state index contributed by atoms with van der Waals surface area (Å²) in [6.45, 7) is 0. The highest BCUT2D eigenvalue weighted by molar-refractivity contribution is 7.85. The molecule has 10 heteroatoms. The highest BCUT2D eigenvalue weighted by Gasteiger charge is 2.35. The molecular formula is C24H27N3O6S. The Morgan fingerprint density at radius 3 is 2.21 bits per heavy atom. The number of carbonyl (C=O) groups is 4. The first kappa shape index (κ1) is 25.1. The van der Waals surface area contributed by atoms with Gasteiger partial charge in [-0.25, -0.2) is 4.79 Å². The molecule has 1 heterocycles. The Balaban J connectivity index is 1.53. The van der Waals surface area contributed by atoms with E-state index in [9.17, 15) is 23.4 Å². The molecule has 2 aromatic carbocycles. The van der Waals surface area contributed by atoms with Crippen LogP contribution >= 0.6 is 0 Å². The van der Waals surface area contributed by atoms with E-state index in [0.717, 1.165) is 5.56 Å². The van der Waals surface area contributed by atoms with Gasteiger partial charge in [-0.3, -0.25) is 18.6 Å². The number of methoxy groups -OCH3 is 1. The lowest BCUT2D eigenvalue weighted by molar-refractivity contribution is -0.145. The van der Waals surface area contributed by atoms with Gasteiger partial charge in [0, 0.05) is 17.1 Å². The Labute approximate surface area is 200 Å². The molecular weight excluding hydrogens is 458 g/mol. The van der Waals surface area contributed by atoms with Crippen LogP contribution in [0.3, 0.4) is 0 Å². The van der Waals surface area contributed by atoms with Crippen molar-refractivity contribution in [1.82, 2.24) is 16.0 Å². The Morgan fingerprint density at radius 2 is 1.56 bits per heavy atom. The summed E-state index contributed by atoms with van der Waals surface area (Å²) in [7, 11) is -0.164. The third-order valence-corrected chi connectivity index (χ3v) is 6.76. The SMILES string of the molecule is COC(=O)[C@@H](CC[S@](=O)c1ccccc1)NC(=O)C[C@@H]1NC(=O)[C@H](Cc2ccccc2)NC1=O. The standard InChI is InChI=1S/C24H27N3O6S/c1-33-24(31)18(12-13-34(32)17-10-6-3-7-11-17)25-21(28)15-20-23(30)26-19(22(29)27-20)14-16-8-4-2-5-9-16/h2-11,18-20H,12-15H2,1H3,(H,25,28)(H,26,30)(H,27,29)/t18-,19+,20+,34+/m1/s1. The van der Waals surface area contributed by atoms with Gasteiger partial charge in [-0.1, -0.05) is 48.5 Å². The number of esters is 1. The van der Waals surface area contributed by atoms with Crippen molar-refractivity contribution in [3.05, 3.63) is 66.2 Å². The molecule has 0 saturated carbocycles. The van der Waals surface area contributed by atoms with Crippen LogP contribution in [-0.4, -0.2) is 58.9 Å². The zero-order valence-electron chi connectivity index (χ0n) is 18.7. The third-order valence-electron chi connectivity index (χ3n) is 5.36. The molecule has 3 rings (SSSR count). The van der Waals surface area contributed by atoms with Gasteiger partial charge in [0.2, 0.25) is 17.7 Å². The number of ether oxygens (including phenoxy) is 1. The monoisotopic (exact) mass is 485 g/mol. The number of rotatable bonds is 10. The number of hydrogen-bond donors (Lipinski definition) is 3. The van der Waals surface area contributed by atoms with Gasteiger partial charge >= 0.3 is 5.97 Å². The predicted octanol–water partition coefficient (Wildman–Crippen LogP) is 0.458. The highest BCUT2D eigenvalue weighted by Crippen LogP contribution is 2.11. The molecule has 0 unspecified atom stereocenters. The molecule has 2 aromatic rings. The molecule has 0 aliphatic carbocycles. The molecule has 1 aliphatic heterocycles. The smallest absolute Gasteiger partial charge is 0.328 e. The lowest BCUT2D eigenvalue weighted by atomic mass is 10.0. The van der Waals surface area contributed by atoms with Crippen molar-refractivity contribution in [2.45, 2.75) is 42.3 Å². The topological polar surface area (TPSA) is 131 Å². The van der Waals surface area contributed by atoms with Crippen molar-refractivity contribution in [3.8, 4) is 0 Å². The number of hydrogen-bond acceptors (Lipinski definition) is 6. The second-order valence-corrected chi connectivity index (χ2v) is 9.38. The second kappa shape index (κ2) is 12.1. The van der Waals surface area contributed by atoms with Crippen LogP contribution in [0.5, 0.6) is 0 Å². The summed E-state index contributed by atoms with van der Waals surface area (Å²) in [6, 6.07) is 15.2. The quantitative estimate of drug-likeness (QED) is 0.419. The minimum Gasteiger partial charge on any atom is -0.467 e. The summed E-state index contributed by atoms with van der Waals surface area (Å²) in [5.41, 5.74) is 0.896. The van der Waals surface area contributed by atoms with Gasteiger partial charge in [-0.2, -0.15) is 0 Å². The van der Waals surface area contributed by atoms with E-state index in [4.69, 9.17) is 4.74 Å². The van der Waals surface area contributed by atoms with Crippen LogP contribution in [0.15, 0.2) is 65.6 Å². The molecule has 34 heavy (non-hydrogen) atoms. The Kier molecular flexibility index (Phi) is 8.92. The van der Waals surface area contributed by atoms with Gasteiger partial charge < -0.3 is 20.7 Å². The molecule has 180 valence electrons. The number of carbonyl (C=O) groups excluding carboxylic acids is 4. The van der Waals surface area contributed by atoms with Crippen LogP contribution in [0, 0.1) is 0 Å². The minimum atomic E-state index is -1.36. The van der Waals surface area contributed by atoms with Crippen molar-refractivity contribution in [2.24, 2.45) is 0 Å². The van der Waals surface area contributed by atoms with Crippen molar-refractivity contribution < 1.29 is 28.1 Å². The number of amides is 3. The van der Waals surface area contributed by atoms with Crippen molar-refractivity contribution >= 4 is 34.5 Å². The Morgan fingerprint density at radius 1 is 0.971 bits per heavy atom. The van der Waals surface area contributed by atoms with Gasteiger partial charge in [-0.05, 0) is 24.1 Å². The fraction of sp³-hybridized carbons (Fsp3) is 0.333. The van der Waals surface area contributed by atoms with E-state index in [1.807, 2.05) is 36.4 Å². The molecule has 9 nitrogen and oxygen atoms in total. The first-order valence-electron chi connectivity index (χ1n) is 10.8. The Bertz CT molecular complexity index is 1050. The molecule has 0 spiro atoms. The normalized spacial score (nSPS) is 19.3. The average Bonchev–Trinajstić information content (AvgIpc) is 2.85. The van der Waals surface area contributed by atoms with E-state index >= 15 is 0 Å². The number of benzene rings is 2. The van der Waals surface area contributed by atoms with E-state index in [1.165, 1.54) is 7.11 Å². The summed E-state index contributed by atoms with van der Waals surface area (Å²) in [5.74, 6) is -2.02. The molecule has 0 radical (unpaired) electrons. The number of nitrogens with one attached hydrogen (secondary N) is 3. The third kappa shape index (κ3) is 6.98. The summed E-state index contributed by atoms with van der Waals surface area (Å²) in [4.78, 5) is 50.3. The van der Waals surface area contributed by atoms with E-state index in [-0.39, 0.29) is 24.5 Å². The van der Waals surface area contributed by atoms with Gasteiger partial charge in [0.05, 0.1) is 24.3 Å². The maximum atomic E-state index is 12.6. The summed E-state index contributed by atoms with van der Waals surface area (Å²) in [6.07, 6.45) is 0.0769. The summed E-state index contributed by atoms with van der Waals surface area (Å²) >= 11 is 0. The molecule has 3 N–H and O–H groups in total.